The van der Waals surface area contributed by atoms with Gasteiger partial charge in [-0.2, -0.15) is 0 Å². The average molecular weight is 318 g/mol. The third kappa shape index (κ3) is 3.80. The molecule has 2 heterocycles. The highest BCUT2D eigenvalue weighted by atomic mass is 19.1. The molecule has 0 bridgehead atoms. The average Bonchev–Trinajstić information content (AvgIpc) is 3.03. The predicted octanol–water partition coefficient (Wildman–Crippen LogP) is 1.86. The van der Waals surface area contributed by atoms with Gasteiger partial charge in [0.05, 0.1) is 13.2 Å². The summed E-state index contributed by atoms with van der Waals surface area (Å²) in [4.78, 5) is 0. The Balaban J connectivity index is 0.000000160. The maximum atomic E-state index is 12.6. The molecule has 2 aliphatic rings. The zero-order chi connectivity index (χ0) is 15.7. The molecule has 0 fully saturated rings. The van der Waals surface area contributed by atoms with Crippen LogP contribution in [0.2, 0.25) is 6.82 Å². The Kier molecular flexibility index (Phi) is 5.57. The van der Waals surface area contributed by atoms with Gasteiger partial charge >= 0.3 is 14.0 Å². The van der Waals surface area contributed by atoms with Crippen LogP contribution in [0.15, 0.2) is 36.4 Å². The Labute approximate surface area is 135 Å². The first-order chi connectivity index (χ1) is 10.5. The molecule has 7 heteroatoms. The fourth-order valence-electron chi connectivity index (χ4n) is 2.60. The Morgan fingerprint density at radius 1 is 0.913 bits per heavy atom. The molecular formula is C16H18B2F2O3. The third-order valence-corrected chi connectivity index (χ3v) is 3.80. The van der Waals surface area contributed by atoms with E-state index < -0.39 is 7.12 Å². The quantitative estimate of drug-likeness (QED) is 0.754. The molecule has 2 aliphatic heterocycles. The predicted molar refractivity (Wildman–Crippen MR) is 88.0 cm³/mol. The minimum Gasteiger partial charge on any atom is -0.427 e. The number of benzene rings is 2. The van der Waals surface area contributed by atoms with E-state index in [1.807, 2.05) is 6.82 Å². The molecule has 3 nitrogen and oxygen atoms in total. The second kappa shape index (κ2) is 7.25. The van der Waals surface area contributed by atoms with Crippen molar-refractivity contribution in [3.8, 4) is 0 Å². The summed E-state index contributed by atoms with van der Waals surface area (Å²) < 4.78 is 35.4. The van der Waals surface area contributed by atoms with Crippen molar-refractivity contribution in [1.29, 1.82) is 0 Å². The highest BCUT2D eigenvalue weighted by molar-refractivity contribution is 6.67. The van der Waals surface area contributed by atoms with Crippen LogP contribution in [0.1, 0.15) is 18.6 Å². The molecule has 1 N–H and O–H groups in total. The lowest BCUT2D eigenvalue weighted by Gasteiger charge is -1.97. The van der Waals surface area contributed by atoms with Gasteiger partial charge in [-0.3, -0.25) is 0 Å². The van der Waals surface area contributed by atoms with Gasteiger partial charge in [-0.25, -0.2) is 8.78 Å². The molecule has 0 spiro atoms. The fourth-order valence-corrected chi connectivity index (χ4v) is 2.60. The second-order valence-corrected chi connectivity index (χ2v) is 5.30. The standard InChI is InChI=1S/C8H8BFO.C7H6BFO2.CH4/c1-9-8-3-2-7(10)4-6(8)5-11-9;9-6-1-2-7-5(3-6)4-11-8(7)10;/h2-4H,5H2,1H3;1-3,10H,4H2;1H4. The van der Waals surface area contributed by atoms with E-state index in [9.17, 15) is 8.78 Å². The van der Waals surface area contributed by atoms with E-state index in [1.54, 1.807) is 18.2 Å². The molecule has 23 heavy (non-hydrogen) atoms. The summed E-state index contributed by atoms with van der Waals surface area (Å²) in [5.74, 6) is -0.470. The van der Waals surface area contributed by atoms with Crippen molar-refractivity contribution in [2.75, 3.05) is 0 Å². The molecule has 0 saturated carbocycles. The van der Waals surface area contributed by atoms with Crippen molar-refractivity contribution in [2.24, 2.45) is 0 Å². The molecule has 2 aromatic carbocycles. The van der Waals surface area contributed by atoms with Crippen LogP contribution in [0, 0.1) is 11.6 Å². The number of rotatable bonds is 0. The van der Waals surface area contributed by atoms with Crippen LogP contribution in [0.3, 0.4) is 0 Å². The molecule has 0 aliphatic carbocycles. The summed E-state index contributed by atoms with van der Waals surface area (Å²) in [5, 5.41) is 9.13. The van der Waals surface area contributed by atoms with Crippen LogP contribution in [-0.2, 0) is 22.5 Å². The molecule has 0 unspecified atom stereocenters. The molecule has 0 aromatic heterocycles. The lowest BCUT2D eigenvalue weighted by Crippen LogP contribution is -2.27. The van der Waals surface area contributed by atoms with Crippen LogP contribution in [0.25, 0.3) is 0 Å². The zero-order valence-electron chi connectivity index (χ0n) is 12.1. The van der Waals surface area contributed by atoms with Gasteiger partial charge in [0, 0.05) is 0 Å². The van der Waals surface area contributed by atoms with E-state index in [4.69, 9.17) is 14.3 Å². The Morgan fingerprint density at radius 2 is 1.43 bits per heavy atom. The Morgan fingerprint density at radius 3 is 2.09 bits per heavy atom. The van der Waals surface area contributed by atoms with Gasteiger partial charge in [0.1, 0.15) is 11.6 Å². The Bertz CT molecular complexity index is 638. The van der Waals surface area contributed by atoms with Crippen LogP contribution >= 0.6 is 0 Å². The molecule has 0 atom stereocenters. The van der Waals surface area contributed by atoms with E-state index in [-0.39, 0.29) is 26.0 Å². The van der Waals surface area contributed by atoms with Crippen molar-refractivity contribution in [3.63, 3.8) is 0 Å². The first-order valence-electron chi connectivity index (χ1n) is 7.02. The number of hydrogen-bond donors (Lipinski definition) is 1. The van der Waals surface area contributed by atoms with Crippen molar-refractivity contribution >= 4 is 25.0 Å². The lowest BCUT2D eigenvalue weighted by molar-refractivity contribution is 0.275. The molecule has 2 aromatic rings. The second-order valence-electron chi connectivity index (χ2n) is 5.30. The Hall–Kier alpha value is -1.69. The third-order valence-electron chi connectivity index (χ3n) is 3.80. The van der Waals surface area contributed by atoms with Gasteiger partial charge < -0.3 is 14.3 Å². The van der Waals surface area contributed by atoms with Gasteiger partial charge in [0.15, 0.2) is 0 Å². The number of halogens is 2. The first-order valence-corrected chi connectivity index (χ1v) is 7.02. The van der Waals surface area contributed by atoms with Crippen molar-refractivity contribution in [3.05, 3.63) is 59.2 Å². The highest BCUT2D eigenvalue weighted by Gasteiger charge is 2.26. The molecule has 0 saturated heterocycles. The molecule has 0 radical (unpaired) electrons. The van der Waals surface area contributed by atoms with Gasteiger partial charge in [0.2, 0.25) is 0 Å². The normalized spacial score (nSPS) is 14.6. The van der Waals surface area contributed by atoms with Gasteiger partial charge in [-0.1, -0.05) is 26.4 Å². The van der Waals surface area contributed by atoms with E-state index >= 15 is 0 Å². The van der Waals surface area contributed by atoms with E-state index in [0.29, 0.717) is 18.7 Å². The molecule has 4 rings (SSSR count). The SMILES string of the molecule is C.CB1OCc2cc(F)ccc21.OB1OCc2cc(F)ccc21. The van der Waals surface area contributed by atoms with E-state index in [1.165, 1.54) is 18.2 Å². The van der Waals surface area contributed by atoms with Crippen molar-refractivity contribution in [1.82, 2.24) is 0 Å². The van der Waals surface area contributed by atoms with Crippen LogP contribution in [-0.4, -0.2) is 19.1 Å². The van der Waals surface area contributed by atoms with Crippen molar-refractivity contribution in [2.45, 2.75) is 27.5 Å². The summed E-state index contributed by atoms with van der Waals surface area (Å²) in [6.45, 7) is 2.96. The fraction of sp³-hybridized carbons (Fsp3) is 0.250. The maximum Gasteiger partial charge on any atom is 0.491 e. The van der Waals surface area contributed by atoms with Crippen molar-refractivity contribution < 1.29 is 23.1 Å². The van der Waals surface area contributed by atoms with E-state index in [0.717, 1.165) is 16.6 Å². The van der Waals surface area contributed by atoms with Gasteiger partial charge in [0.25, 0.3) is 0 Å². The van der Waals surface area contributed by atoms with Gasteiger partial charge in [-0.05, 0) is 46.3 Å². The smallest absolute Gasteiger partial charge is 0.427 e. The number of fused-ring (bicyclic) bond motifs is 2. The zero-order valence-corrected chi connectivity index (χ0v) is 12.1. The molecule has 0 amide bonds. The molecule has 120 valence electrons. The van der Waals surface area contributed by atoms with Crippen LogP contribution < -0.4 is 10.9 Å². The summed E-state index contributed by atoms with van der Waals surface area (Å²) in [7, 11) is -0.870. The van der Waals surface area contributed by atoms with Gasteiger partial charge in [-0.15, -0.1) is 0 Å². The summed E-state index contributed by atoms with van der Waals surface area (Å²) in [6, 6.07) is 9.05. The highest BCUT2D eigenvalue weighted by Crippen LogP contribution is 2.12. The van der Waals surface area contributed by atoms with E-state index in [2.05, 4.69) is 0 Å². The maximum absolute atomic E-state index is 12.6. The van der Waals surface area contributed by atoms with Crippen LogP contribution in [0.4, 0.5) is 8.78 Å². The monoisotopic (exact) mass is 318 g/mol. The lowest BCUT2D eigenvalue weighted by atomic mass is 9.64. The summed E-state index contributed by atoms with van der Waals surface area (Å²) in [5.41, 5.74) is 3.51. The number of hydrogen-bond acceptors (Lipinski definition) is 3. The minimum absolute atomic E-state index is 0. The first kappa shape index (κ1) is 17.7. The summed E-state index contributed by atoms with van der Waals surface area (Å²) in [6.07, 6.45) is 0. The minimum atomic E-state index is -0.870. The topological polar surface area (TPSA) is 38.7 Å². The van der Waals surface area contributed by atoms with Crippen LogP contribution in [0.5, 0.6) is 0 Å². The largest absolute Gasteiger partial charge is 0.491 e. The molecular weight excluding hydrogens is 300 g/mol. The summed E-state index contributed by atoms with van der Waals surface area (Å²) >= 11 is 0.